The molecule has 2 N–H and O–H groups in total. The van der Waals surface area contributed by atoms with E-state index in [-0.39, 0.29) is 0 Å². The lowest BCUT2D eigenvalue weighted by atomic mass is 10.0. The Morgan fingerprint density at radius 1 is 0.400 bits per heavy atom. The molecule has 3 aromatic heterocycles. The van der Waals surface area contributed by atoms with Crippen molar-refractivity contribution in [3.8, 4) is 50.6 Å². The molecule has 5 heteroatoms. The highest BCUT2D eigenvalue weighted by molar-refractivity contribution is 6.01. The van der Waals surface area contributed by atoms with E-state index in [2.05, 4.69) is 107 Å². The molecule has 4 aromatic carbocycles. The zero-order valence-electron chi connectivity index (χ0n) is 26.9. The van der Waals surface area contributed by atoms with E-state index in [1.54, 1.807) is 0 Å². The molecule has 0 spiro atoms. The topological polar surface area (TPSA) is 81.2 Å². The average Bonchev–Trinajstić information content (AvgIpc) is 4.00. The lowest BCUT2D eigenvalue weighted by Crippen LogP contribution is -1.91. The lowest BCUT2D eigenvalue weighted by molar-refractivity contribution is 1.28. The van der Waals surface area contributed by atoms with Crippen molar-refractivity contribution >= 4 is 46.4 Å². The molecule has 0 fully saturated rings. The molecule has 0 radical (unpaired) electrons. The molecular weight excluding hydrogens is 611 g/mol. The van der Waals surface area contributed by atoms with Crippen LogP contribution in [0.1, 0.15) is 28.3 Å². The normalized spacial score (nSPS) is 11.8. The van der Waals surface area contributed by atoms with Crippen molar-refractivity contribution in [1.82, 2.24) is 19.9 Å². The fourth-order valence-electron chi connectivity index (χ4n) is 7.01. The molecule has 5 nitrogen and oxygen atoms in total. The van der Waals surface area contributed by atoms with Crippen molar-refractivity contribution in [2.75, 3.05) is 0 Å². The van der Waals surface area contributed by atoms with Crippen LogP contribution >= 0.6 is 0 Å². The summed E-state index contributed by atoms with van der Waals surface area (Å²) in [4.78, 5) is 18.1. The van der Waals surface area contributed by atoms with Crippen LogP contribution in [0.2, 0.25) is 0 Å². The first-order valence-corrected chi connectivity index (χ1v) is 16.6. The van der Waals surface area contributed by atoms with Gasteiger partial charge in [0.05, 0.1) is 33.9 Å². The van der Waals surface area contributed by atoms with Crippen LogP contribution in [0.25, 0.3) is 90.9 Å². The Balaban J connectivity index is 1.52. The summed E-state index contributed by atoms with van der Waals surface area (Å²) in [6.45, 7) is 0. The molecule has 0 saturated heterocycles. The Hall–Kier alpha value is -7.03. The highest BCUT2D eigenvalue weighted by atomic mass is 14.8. The van der Waals surface area contributed by atoms with E-state index in [0.29, 0.717) is 5.56 Å². The third-order valence-corrected chi connectivity index (χ3v) is 9.24. The molecular formula is C45H29N5. The first-order chi connectivity index (χ1) is 24.7. The monoisotopic (exact) mass is 639 g/mol. The van der Waals surface area contributed by atoms with E-state index in [4.69, 9.17) is 9.97 Å². The van der Waals surface area contributed by atoms with Gasteiger partial charge in [-0.2, -0.15) is 5.26 Å². The Morgan fingerprint density at radius 3 is 1.30 bits per heavy atom. The standard InChI is InChI=1S/C45H29N5/c46-28-33-27-40-43(31-17-9-3-10-18-31)38-24-23-36(48-38)41(29-13-5-1-6-14-29)34-21-22-35(47-34)42(30-15-7-2-8-16-30)37-25-26-39(49-37)44(45(33)50-40)32-19-11-4-12-20-32/h1-27,48,50H. The molecule has 8 bridgehead atoms. The van der Waals surface area contributed by atoms with Crippen molar-refractivity contribution in [3.05, 3.63) is 168 Å². The van der Waals surface area contributed by atoms with E-state index >= 15 is 0 Å². The number of aromatic nitrogens is 4. The molecule has 234 valence electrons. The summed E-state index contributed by atoms with van der Waals surface area (Å²) in [6.07, 6.45) is 8.29. The summed E-state index contributed by atoms with van der Waals surface area (Å²) in [5.41, 5.74) is 15.0. The number of hydrogen-bond acceptors (Lipinski definition) is 3. The van der Waals surface area contributed by atoms with E-state index in [0.717, 1.165) is 89.4 Å². The van der Waals surface area contributed by atoms with Crippen LogP contribution in [0.5, 0.6) is 0 Å². The molecule has 0 unspecified atom stereocenters. The highest BCUT2D eigenvalue weighted by Gasteiger charge is 2.20. The van der Waals surface area contributed by atoms with Crippen LogP contribution in [0.3, 0.4) is 0 Å². The number of nitrogens with one attached hydrogen (secondary N) is 2. The van der Waals surface area contributed by atoms with E-state index in [9.17, 15) is 5.26 Å². The second-order valence-corrected chi connectivity index (χ2v) is 12.3. The summed E-state index contributed by atoms with van der Waals surface area (Å²) in [5, 5.41) is 10.6. The molecule has 0 aliphatic carbocycles. The quantitative estimate of drug-likeness (QED) is 0.201. The smallest absolute Gasteiger partial charge is 0.101 e. The van der Waals surface area contributed by atoms with Crippen LogP contribution in [0.4, 0.5) is 0 Å². The van der Waals surface area contributed by atoms with Gasteiger partial charge >= 0.3 is 0 Å². The van der Waals surface area contributed by atoms with Gasteiger partial charge < -0.3 is 9.97 Å². The van der Waals surface area contributed by atoms with Crippen LogP contribution in [-0.4, -0.2) is 19.9 Å². The van der Waals surface area contributed by atoms with Gasteiger partial charge in [0, 0.05) is 38.8 Å². The molecule has 50 heavy (non-hydrogen) atoms. The van der Waals surface area contributed by atoms with E-state index in [1.165, 1.54) is 0 Å². The SMILES string of the molecule is N#Cc1cc2[nH]c1c(-c1ccccc1)c1nc(c(-c3ccccc3)c3nc(c(-c4ccccc4)c4ccc([nH]4)c2-c2ccccc2)C=C3)C=C1. The van der Waals surface area contributed by atoms with Crippen molar-refractivity contribution in [2.45, 2.75) is 0 Å². The Labute approximate surface area is 289 Å². The third-order valence-electron chi connectivity index (χ3n) is 9.24. The summed E-state index contributed by atoms with van der Waals surface area (Å²) in [5.74, 6) is 0. The molecule has 2 aliphatic heterocycles. The largest absolute Gasteiger partial charge is 0.354 e. The molecule has 0 saturated carbocycles. The third kappa shape index (κ3) is 5.04. The summed E-state index contributed by atoms with van der Waals surface area (Å²) < 4.78 is 0. The van der Waals surface area contributed by atoms with Crippen LogP contribution < -0.4 is 0 Å². The van der Waals surface area contributed by atoms with Gasteiger partial charge in [0.15, 0.2) is 0 Å². The second kappa shape index (κ2) is 12.2. The zero-order chi connectivity index (χ0) is 33.4. The fraction of sp³-hybridized carbons (Fsp3) is 0. The van der Waals surface area contributed by atoms with Gasteiger partial charge in [-0.05, 0) is 64.8 Å². The van der Waals surface area contributed by atoms with Crippen molar-refractivity contribution < 1.29 is 0 Å². The number of hydrogen-bond donors (Lipinski definition) is 2. The molecule has 0 atom stereocenters. The minimum absolute atomic E-state index is 0.540. The predicted octanol–water partition coefficient (Wildman–Crippen LogP) is 11.2. The number of benzene rings is 4. The highest BCUT2D eigenvalue weighted by Crippen LogP contribution is 2.39. The summed E-state index contributed by atoms with van der Waals surface area (Å²) >= 11 is 0. The number of nitrogens with zero attached hydrogens (tertiary/aromatic N) is 3. The van der Waals surface area contributed by atoms with Crippen LogP contribution in [0.15, 0.2) is 140 Å². The van der Waals surface area contributed by atoms with Crippen molar-refractivity contribution in [2.24, 2.45) is 0 Å². The van der Waals surface area contributed by atoms with Crippen LogP contribution in [-0.2, 0) is 0 Å². The van der Waals surface area contributed by atoms with Gasteiger partial charge in [0.2, 0.25) is 0 Å². The second-order valence-electron chi connectivity index (χ2n) is 12.3. The van der Waals surface area contributed by atoms with Gasteiger partial charge in [-0.3, -0.25) is 0 Å². The van der Waals surface area contributed by atoms with Crippen molar-refractivity contribution in [1.29, 1.82) is 5.26 Å². The lowest BCUT2D eigenvalue weighted by Gasteiger charge is -2.07. The van der Waals surface area contributed by atoms with Gasteiger partial charge in [-0.1, -0.05) is 121 Å². The van der Waals surface area contributed by atoms with Crippen molar-refractivity contribution in [3.63, 3.8) is 0 Å². The minimum atomic E-state index is 0.540. The van der Waals surface area contributed by atoms with Gasteiger partial charge in [0.1, 0.15) is 6.07 Å². The maximum atomic E-state index is 10.6. The van der Waals surface area contributed by atoms with Crippen LogP contribution in [0, 0.1) is 11.3 Å². The number of aromatic amines is 2. The number of H-pyrrole nitrogens is 2. The first kappa shape index (κ1) is 29.1. The first-order valence-electron chi connectivity index (χ1n) is 16.6. The molecule has 7 aromatic rings. The number of nitriles is 1. The number of rotatable bonds is 4. The molecule has 5 heterocycles. The Kier molecular flexibility index (Phi) is 7.11. The summed E-state index contributed by atoms with van der Waals surface area (Å²) in [6, 6.07) is 49.8. The maximum Gasteiger partial charge on any atom is 0.101 e. The average molecular weight is 640 g/mol. The van der Waals surface area contributed by atoms with Gasteiger partial charge in [-0.25, -0.2) is 9.97 Å². The van der Waals surface area contributed by atoms with Gasteiger partial charge in [0.25, 0.3) is 0 Å². The summed E-state index contributed by atoms with van der Waals surface area (Å²) in [7, 11) is 0. The molecule has 2 aliphatic rings. The van der Waals surface area contributed by atoms with E-state index in [1.807, 2.05) is 72.8 Å². The minimum Gasteiger partial charge on any atom is -0.354 e. The fourth-order valence-corrected chi connectivity index (χ4v) is 7.01. The Bertz CT molecular complexity index is 2680. The van der Waals surface area contributed by atoms with Gasteiger partial charge in [-0.15, -0.1) is 0 Å². The van der Waals surface area contributed by atoms with E-state index < -0.39 is 0 Å². The Morgan fingerprint density at radius 2 is 0.800 bits per heavy atom. The maximum absolute atomic E-state index is 10.6. The zero-order valence-corrected chi connectivity index (χ0v) is 26.9. The molecule has 0 amide bonds. The number of fused-ring (bicyclic) bond motifs is 8. The molecule has 9 rings (SSSR count). The predicted molar refractivity (Wildman–Crippen MR) is 205 cm³/mol.